The molecule has 0 aromatic rings. The van der Waals surface area contributed by atoms with Crippen molar-refractivity contribution in [3.8, 4) is 0 Å². The Morgan fingerprint density at radius 1 is 0.812 bits per heavy atom. The minimum Gasteiger partial charge on any atom is -0.465 e. The molecule has 0 radical (unpaired) electrons. The van der Waals surface area contributed by atoms with E-state index < -0.39 is 11.6 Å². The number of rotatable bonds is 10. The number of hydrogen-bond acceptors (Lipinski definition) is 7. The zero-order chi connectivity index (χ0) is 34.6. The average Bonchev–Trinajstić information content (AvgIpc) is 3.40. The van der Waals surface area contributed by atoms with Gasteiger partial charge in [-0.1, -0.05) is 46.3 Å². The Labute approximate surface area is 291 Å². The van der Waals surface area contributed by atoms with Crippen LogP contribution in [0.25, 0.3) is 0 Å². The van der Waals surface area contributed by atoms with Gasteiger partial charge in [-0.05, 0) is 132 Å². The van der Waals surface area contributed by atoms with Gasteiger partial charge in [0, 0.05) is 17.3 Å². The molecular weight excluding hydrogens is 604 g/mol. The molecule has 0 unspecified atom stereocenters. The van der Waals surface area contributed by atoms with Crippen molar-refractivity contribution in [2.45, 2.75) is 151 Å². The van der Waals surface area contributed by atoms with Crippen molar-refractivity contribution in [3.05, 3.63) is 11.6 Å². The Kier molecular flexibility index (Phi) is 10.4. The van der Waals surface area contributed by atoms with Crippen LogP contribution in [0.3, 0.4) is 0 Å². The number of allylic oxidation sites excluding steroid dienone is 1. The van der Waals surface area contributed by atoms with E-state index in [0.29, 0.717) is 68.9 Å². The van der Waals surface area contributed by atoms with Crippen LogP contribution in [-0.4, -0.2) is 63.3 Å². The van der Waals surface area contributed by atoms with Crippen molar-refractivity contribution in [2.24, 2.45) is 51.2 Å². The van der Waals surface area contributed by atoms with Crippen LogP contribution in [0.5, 0.6) is 0 Å². The van der Waals surface area contributed by atoms with Gasteiger partial charge < -0.3 is 28.4 Å². The number of esters is 1. The van der Waals surface area contributed by atoms with Crippen LogP contribution in [0, 0.1) is 51.2 Å². The molecule has 48 heavy (non-hydrogen) atoms. The Hall–Kier alpha value is -0.990. The van der Waals surface area contributed by atoms with Crippen molar-refractivity contribution < 1.29 is 33.2 Å². The highest BCUT2D eigenvalue weighted by Crippen LogP contribution is 2.67. The summed E-state index contributed by atoms with van der Waals surface area (Å²) in [6.45, 7) is 23.4. The van der Waals surface area contributed by atoms with E-state index in [0.717, 1.165) is 49.4 Å². The van der Waals surface area contributed by atoms with Gasteiger partial charge in [0.15, 0.2) is 11.6 Å². The van der Waals surface area contributed by atoms with E-state index in [9.17, 15) is 4.79 Å². The molecule has 0 amide bonds. The van der Waals surface area contributed by atoms with E-state index >= 15 is 0 Å². The predicted octanol–water partition coefficient (Wildman–Crippen LogP) is 8.88. The van der Waals surface area contributed by atoms with Crippen LogP contribution >= 0.6 is 0 Å². The molecule has 6 rings (SSSR count). The zero-order valence-electron chi connectivity index (χ0n) is 31.9. The maximum absolute atomic E-state index is 12.7. The number of fused-ring (bicyclic) bond motifs is 5. The fraction of sp³-hybridized carbons (Fsp3) is 0.927. The van der Waals surface area contributed by atoms with Gasteiger partial charge in [0.2, 0.25) is 0 Å². The minimum atomic E-state index is -0.559. The molecule has 274 valence electrons. The number of carbonyl (C=O) groups excluding carboxylic acids is 1. The van der Waals surface area contributed by atoms with E-state index in [2.05, 4.69) is 40.7 Å². The molecule has 0 aromatic carbocycles. The van der Waals surface area contributed by atoms with Crippen molar-refractivity contribution in [1.29, 1.82) is 0 Å². The lowest BCUT2D eigenvalue weighted by Gasteiger charge is -2.58. The Morgan fingerprint density at radius 2 is 1.44 bits per heavy atom. The van der Waals surface area contributed by atoms with E-state index in [1.165, 1.54) is 38.5 Å². The fourth-order valence-electron chi connectivity index (χ4n) is 10.9. The summed E-state index contributed by atoms with van der Waals surface area (Å²) in [4.78, 5) is 12.7. The van der Waals surface area contributed by atoms with Gasteiger partial charge >= 0.3 is 5.97 Å². The average molecular weight is 673 g/mol. The van der Waals surface area contributed by atoms with E-state index in [-0.39, 0.29) is 16.8 Å². The quantitative estimate of drug-likeness (QED) is 0.170. The van der Waals surface area contributed by atoms with Crippen LogP contribution in [0.2, 0.25) is 0 Å². The highest BCUT2D eigenvalue weighted by atomic mass is 16.7. The van der Waals surface area contributed by atoms with Crippen LogP contribution in [0.4, 0.5) is 0 Å². The maximum Gasteiger partial charge on any atom is 0.305 e. The van der Waals surface area contributed by atoms with Crippen molar-refractivity contribution >= 4 is 5.97 Å². The molecule has 2 aliphatic heterocycles. The molecule has 5 fully saturated rings. The number of ether oxygens (including phenoxy) is 6. The fourth-order valence-corrected chi connectivity index (χ4v) is 10.9. The molecule has 3 saturated carbocycles. The SMILES string of the molecule is C[C@H](CCCC(=O)OCC1(C)COC(C)(C)OC1)[C@H]1CC[C@H]2[C@@H]3CC=C4C[C@@H](OCC5(C)COC(C)(C)OC5)CC[C@]4(C)[C@H]3CC[C@]12C. The van der Waals surface area contributed by atoms with E-state index in [4.69, 9.17) is 28.4 Å². The zero-order valence-corrected chi connectivity index (χ0v) is 31.9. The summed E-state index contributed by atoms with van der Waals surface area (Å²) in [5, 5.41) is 0. The second-order valence-electron chi connectivity index (χ2n) is 19.3. The first-order valence-electron chi connectivity index (χ1n) is 19.5. The molecule has 0 aromatic heterocycles. The van der Waals surface area contributed by atoms with Crippen LogP contribution in [0.1, 0.15) is 133 Å². The molecule has 6 aliphatic rings. The third-order valence-electron chi connectivity index (χ3n) is 14.2. The molecule has 7 heteroatoms. The van der Waals surface area contributed by atoms with Gasteiger partial charge in [0.1, 0.15) is 6.61 Å². The van der Waals surface area contributed by atoms with Gasteiger partial charge in [0.05, 0.1) is 39.1 Å². The second-order valence-corrected chi connectivity index (χ2v) is 19.3. The minimum absolute atomic E-state index is 0.0772. The first kappa shape index (κ1) is 36.8. The number of carbonyl (C=O) groups is 1. The standard InChI is InChI=1S/C41H68O7/c1-28(11-10-12-35(42)44-23-39(7)26-47-37(4,5)48-27-39)32-15-16-33-31-14-13-29-21-30(43-22-38(6)24-45-36(2,3)46-25-38)17-19-40(29,8)34(31)18-20-41(32,33)9/h13,28,30-34H,10-12,14-27H2,1-9H3/t28-,30+,31+,32-,33+,34+,40+,41-/m1/s1. The third kappa shape index (κ3) is 7.61. The molecule has 2 heterocycles. The Morgan fingerprint density at radius 3 is 2.08 bits per heavy atom. The predicted molar refractivity (Wildman–Crippen MR) is 187 cm³/mol. The van der Waals surface area contributed by atoms with Gasteiger partial charge in [-0.15, -0.1) is 0 Å². The summed E-state index contributed by atoms with van der Waals surface area (Å²) in [6.07, 6.45) is 15.7. The number of hydrogen-bond donors (Lipinski definition) is 0. The highest BCUT2D eigenvalue weighted by molar-refractivity contribution is 5.69. The normalized spacial score (nSPS) is 40.1. The third-order valence-corrected chi connectivity index (χ3v) is 14.2. The Balaban J connectivity index is 0.976. The first-order valence-corrected chi connectivity index (χ1v) is 19.5. The van der Waals surface area contributed by atoms with Crippen LogP contribution in [0.15, 0.2) is 11.6 Å². The molecular formula is C41H68O7. The lowest BCUT2D eigenvalue weighted by Crippen LogP contribution is -2.51. The summed E-state index contributed by atoms with van der Waals surface area (Å²) in [6, 6.07) is 0. The lowest BCUT2D eigenvalue weighted by molar-refractivity contribution is -0.290. The summed E-state index contributed by atoms with van der Waals surface area (Å²) in [7, 11) is 0. The van der Waals surface area contributed by atoms with Crippen LogP contribution < -0.4 is 0 Å². The largest absolute Gasteiger partial charge is 0.465 e. The van der Waals surface area contributed by atoms with Crippen LogP contribution in [-0.2, 0) is 33.2 Å². The van der Waals surface area contributed by atoms with Gasteiger partial charge in [-0.3, -0.25) is 4.79 Å². The molecule has 4 aliphatic carbocycles. The monoisotopic (exact) mass is 672 g/mol. The summed E-state index contributed by atoms with van der Waals surface area (Å²) in [5.41, 5.74) is 2.07. The van der Waals surface area contributed by atoms with E-state index in [1.807, 2.05) is 27.7 Å². The summed E-state index contributed by atoms with van der Waals surface area (Å²) >= 11 is 0. The highest BCUT2D eigenvalue weighted by Gasteiger charge is 2.59. The summed E-state index contributed by atoms with van der Waals surface area (Å²) < 4.78 is 35.9. The van der Waals surface area contributed by atoms with Crippen molar-refractivity contribution in [2.75, 3.05) is 39.6 Å². The first-order chi connectivity index (χ1) is 22.5. The van der Waals surface area contributed by atoms with Gasteiger partial charge in [-0.25, -0.2) is 0 Å². The second kappa shape index (κ2) is 13.5. The molecule has 7 nitrogen and oxygen atoms in total. The van der Waals surface area contributed by atoms with Gasteiger partial charge in [-0.2, -0.15) is 0 Å². The molecule has 2 saturated heterocycles. The molecule has 0 bridgehead atoms. The maximum atomic E-state index is 12.7. The lowest BCUT2D eigenvalue weighted by atomic mass is 9.47. The van der Waals surface area contributed by atoms with Crippen molar-refractivity contribution in [3.63, 3.8) is 0 Å². The molecule has 0 N–H and O–H groups in total. The smallest absolute Gasteiger partial charge is 0.305 e. The van der Waals surface area contributed by atoms with Crippen molar-refractivity contribution in [1.82, 2.24) is 0 Å². The topological polar surface area (TPSA) is 72.5 Å². The summed E-state index contributed by atoms with van der Waals surface area (Å²) in [5.74, 6) is 2.67. The van der Waals surface area contributed by atoms with E-state index in [1.54, 1.807) is 5.57 Å². The molecule has 8 atom stereocenters. The Bertz CT molecular complexity index is 1170. The van der Waals surface area contributed by atoms with Gasteiger partial charge in [0.25, 0.3) is 0 Å². The molecule has 0 spiro atoms.